The van der Waals surface area contributed by atoms with Gasteiger partial charge in [0.1, 0.15) is 11.4 Å². The van der Waals surface area contributed by atoms with Crippen LogP contribution in [0.1, 0.15) is 31.9 Å². The third-order valence-corrected chi connectivity index (χ3v) is 2.64. The number of ether oxygens (including phenoxy) is 2. The van der Waals surface area contributed by atoms with Crippen LogP contribution in [-0.2, 0) is 17.7 Å². The minimum absolute atomic E-state index is 0.475. The summed E-state index contributed by atoms with van der Waals surface area (Å²) in [6.45, 7) is 6.78. The van der Waals surface area contributed by atoms with Gasteiger partial charge in [0.25, 0.3) is 0 Å². The van der Waals surface area contributed by atoms with Gasteiger partial charge < -0.3 is 9.47 Å². The predicted octanol–water partition coefficient (Wildman–Crippen LogP) is 2.15. The van der Waals surface area contributed by atoms with Crippen LogP contribution in [0.15, 0.2) is 18.2 Å². The van der Waals surface area contributed by atoms with Crippen molar-refractivity contribution in [3.63, 3.8) is 0 Å². The van der Waals surface area contributed by atoms with Crippen LogP contribution in [-0.4, -0.2) is 18.3 Å². The molecule has 1 aliphatic rings. The summed E-state index contributed by atoms with van der Waals surface area (Å²) in [5.74, 6) is 0.962. The van der Waals surface area contributed by atoms with Crippen LogP contribution < -0.4 is 15.6 Å². The minimum atomic E-state index is -0.489. The fraction of sp³-hybridized carbons (Fsp3) is 0.500. The molecule has 1 aliphatic heterocycles. The van der Waals surface area contributed by atoms with E-state index in [1.54, 1.807) is 0 Å². The van der Waals surface area contributed by atoms with Crippen LogP contribution in [0.2, 0.25) is 0 Å². The van der Waals surface area contributed by atoms with E-state index < -0.39 is 11.7 Å². The Hall–Kier alpha value is -1.75. The van der Waals surface area contributed by atoms with E-state index >= 15 is 0 Å². The van der Waals surface area contributed by atoms with E-state index in [-0.39, 0.29) is 0 Å². The second kappa shape index (κ2) is 5.48. The van der Waals surface area contributed by atoms with Crippen LogP contribution in [0.3, 0.4) is 0 Å². The van der Waals surface area contributed by atoms with E-state index in [0.717, 1.165) is 24.3 Å². The minimum Gasteiger partial charge on any atom is -0.493 e. The topological polar surface area (TPSA) is 59.6 Å². The van der Waals surface area contributed by atoms with Gasteiger partial charge in [0, 0.05) is 13.0 Å². The molecule has 1 aromatic rings. The number of rotatable bonds is 3. The Morgan fingerprint density at radius 2 is 2.21 bits per heavy atom. The van der Waals surface area contributed by atoms with Crippen LogP contribution in [0.25, 0.3) is 0 Å². The van der Waals surface area contributed by atoms with Crippen molar-refractivity contribution in [2.75, 3.05) is 6.61 Å². The first-order chi connectivity index (χ1) is 8.94. The van der Waals surface area contributed by atoms with Crippen molar-refractivity contribution in [1.82, 2.24) is 10.9 Å². The summed E-state index contributed by atoms with van der Waals surface area (Å²) in [6.07, 6.45) is 0.472. The molecule has 5 nitrogen and oxygen atoms in total. The van der Waals surface area contributed by atoms with Gasteiger partial charge in [-0.05, 0) is 38.0 Å². The first-order valence-corrected chi connectivity index (χ1v) is 6.40. The number of fused-ring (bicyclic) bond motifs is 1. The summed E-state index contributed by atoms with van der Waals surface area (Å²) < 4.78 is 10.6. The van der Waals surface area contributed by atoms with Gasteiger partial charge in [0.05, 0.1) is 6.61 Å². The predicted molar refractivity (Wildman–Crippen MR) is 71.9 cm³/mol. The second-order valence-corrected chi connectivity index (χ2v) is 5.52. The van der Waals surface area contributed by atoms with E-state index in [2.05, 4.69) is 16.9 Å². The molecule has 19 heavy (non-hydrogen) atoms. The molecule has 0 aliphatic carbocycles. The summed E-state index contributed by atoms with van der Waals surface area (Å²) in [4.78, 5) is 11.4. The number of hydrazine groups is 1. The quantitative estimate of drug-likeness (QED) is 0.821. The highest BCUT2D eigenvalue weighted by Gasteiger charge is 2.16. The summed E-state index contributed by atoms with van der Waals surface area (Å²) in [7, 11) is 0. The number of hydrogen-bond donors (Lipinski definition) is 2. The van der Waals surface area contributed by atoms with Gasteiger partial charge in [-0.3, -0.25) is 5.43 Å². The molecular formula is C14H20N2O3. The Labute approximate surface area is 113 Å². The van der Waals surface area contributed by atoms with E-state index in [9.17, 15) is 4.79 Å². The van der Waals surface area contributed by atoms with Gasteiger partial charge in [0.15, 0.2) is 0 Å². The van der Waals surface area contributed by atoms with Crippen molar-refractivity contribution < 1.29 is 14.3 Å². The molecule has 104 valence electrons. The lowest BCUT2D eigenvalue weighted by Crippen LogP contribution is -2.40. The van der Waals surface area contributed by atoms with Crippen molar-refractivity contribution in [3.8, 4) is 5.75 Å². The number of carbonyl (C=O) groups is 1. The van der Waals surface area contributed by atoms with E-state index in [4.69, 9.17) is 9.47 Å². The standard InChI is InChI=1S/C14H20N2O3/c1-14(2,3)19-13(17)16-15-9-10-4-5-12-11(8-10)6-7-18-12/h4-5,8,15H,6-7,9H2,1-3H3,(H,16,17). The number of benzene rings is 1. The molecule has 0 saturated carbocycles. The summed E-state index contributed by atoms with van der Waals surface area (Å²) in [5.41, 5.74) is 7.19. The Balaban J connectivity index is 1.78. The van der Waals surface area contributed by atoms with Crippen molar-refractivity contribution >= 4 is 6.09 Å². The maximum absolute atomic E-state index is 11.4. The lowest BCUT2D eigenvalue weighted by molar-refractivity contribution is 0.0497. The lowest BCUT2D eigenvalue weighted by atomic mass is 10.1. The molecule has 1 amide bonds. The average molecular weight is 264 g/mol. The first kappa shape index (κ1) is 13.7. The zero-order chi connectivity index (χ0) is 13.9. The van der Waals surface area contributed by atoms with Crippen LogP contribution in [0.5, 0.6) is 5.75 Å². The van der Waals surface area contributed by atoms with E-state index in [1.807, 2.05) is 32.9 Å². The van der Waals surface area contributed by atoms with Gasteiger partial charge in [-0.15, -0.1) is 0 Å². The third-order valence-electron chi connectivity index (χ3n) is 2.64. The van der Waals surface area contributed by atoms with Crippen LogP contribution in [0.4, 0.5) is 4.79 Å². The van der Waals surface area contributed by atoms with E-state index in [0.29, 0.717) is 6.54 Å². The molecule has 0 spiro atoms. The molecule has 2 N–H and O–H groups in total. The van der Waals surface area contributed by atoms with Crippen LogP contribution >= 0.6 is 0 Å². The molecule has 0 fully saturated rings. The largest absolute Gasteiger partial charge is 0.493 e. The molecule has 0 saturated heterocycles. The highest BCUT2D eigenvalue weighted by atomic mass is 16.6. The normalized spacial score (nSPS) is 13.6. The van der Waals surface area contributed by atoms with E-state index in [1.165, 1.54) is 5.56 Å². The molecule has 0 atom stereocenters. The Kier molecular flexibility index (Phi) is 3.95. The molecular weight excluding hydrogens is 244 g/mol. The average Bonchev–Trinajstić information content (AvgIpc) is 2.73. The lowest BCUT2D eigenvalue weighted by Gasteiger charge is -2.19. The molecule has 1 heterocycles. The monoisotopic (exact) mass is 264 g/mol. The van der Waals surface area contributed by atoms with Crippen molar-refractivity contribution in [2.24, 2.45) is 0 Å². The highest BCUT2D eigenvalue weighted by molar-refractivity contribution is 5.66. The highest BCUT2D eigenvalue weighted by Crippen LogP contribution is 2.25. The van der Waals surface area contributed by atoms with Crippen molar-refractivity contribution in [1.29, 1.82) is 0 Å². The van der Waals surface area contributed by atoms with Gasteiger partial charge in [-0.25, -0.2) is 10.2 Å². The fourth-order valence-electron chi connectivity index (χ4n) is 1.87. The van der Waals surface area contributed by atoms with Crippen LogP contribution in [0, 0.1) is 0 Å². The molecule has 0 aromatic heterocycles. The fourth-order valence-corrected chi connectivity index (χ4v) is 1.87. The maximum Gasteiger partial charge on any atom is 0.422 e. The molecule has 0 unspecified atom stereocenters. The van der Waals surface area contributed by atoms with Gasteiger partial charge in [-0.2, -0.15) is 0 Å². The molecule has 0 radical (unpaired) electrons. The maximum atomic E-state index is 11.4. The van der Waals surface area contributed by atoms with Gasteiger partial charge in [0.2, 0.25) is 0 Å². The molecule has 2 rings (SSSR count). The first-order valence-electron chi connectivity index (χ1n) is 6.40. The Bertz CT molecular complexity index is 466. The molecule has 0 bridgehead atoms. The van der Waals surface area contributed by atoms with Gasteiger partial charge in [-0.1, -0.05) is 12.1 Å². The summed E-state index contributed by atoms with van der Waals surface area (Å²) in [5, 5.41) is 0. The van der Waals surface area contributed by atoms with Gasteiger partial charge >= 0.3 is 6.09 Å². The number of carbonyl (C=O) groups excluding carboxylic acids is 1. The molecule has 5 heteroatoms. The summed E-state index contributed by atoms with van der Waals surface area (Å²) >= 11 is 0. The van der Waals surface area contributed by atoms with Crippen molar-refractivity contribution in [2.45, 2.75) is 39.3 Å². The van der Waals surface area contributed by atoms with Crippen molar-refractivity contribution in [3.05, 3.63) is 29.3 Å². The summed E-state index contributed by atoms with van der Waals surface area (Å²) in [6, 6.07) is 6.03. The number of nitrogens with one attached hydrogen (secondary N) is 2. The third kappa shape index (κ3) is 4.13. The number of amides is 1. The number of hydrogen-bond acceptors (Lipinski definition) is 4. The Morgan fingerprint density at radius 3 is 2.95 bits per heavy atom. The zero-order valence-corrected chi connectivity index (χ0v) is 11.6. The Morgan fingerprint density at radius 1 is 1.42 bits per heavy atom. The SMILES string of the molecule is CC(C)(C)OC(=O)NNCc1ccc2c(c1)CCO2. The second-order valence-electron chi connectivity index (χ2n) is 5.52. The zero-order valence-electron chi connectivity index (χ0n) is 11.6. The molecule has 1 aromatic carbocycles. The smallest absolute Gasteiger partial charge is 0.422 e.